The van der Waals surface area contributed by atoms with Crippen LogP contribution in [0.25, 0.3) is 0 Å². The molecule has 1 aliphatic heterocycles. The number of hydrogen-bond donors (Lipinski definition) is 1. The highest BCUT2D eigenvalue weighted by atomic mass is 32.2. The number of aromatic nitrogens is 1. The second-order valence-corrected chi connectivity index (χ2v) is 5.61. The minimum absolute atomic E-state index is 0.729. The lowest BCUT2D eigenvalue weighted by molar-refractivity contribution is 0.541. The number of hydrogen-bond acceptors (Lipinski definition) is 3. The fraction of sp³-hybridized carbons (Fsp3) is 0.583. The third kappa shape index (κ3) is 3.50. The summed E-state index contributed by atoms with van der Waals surface area (Å²) < 4.78 is 0. The molecular weight excluding hydrogens is 204 g/mol. The first-order valence-electron chi connectivity index (χ1n) is 5.58. The van der Waals surface area contributed by atoms with Crippen LogP contribution in [0.2, 0.25) is 0 Å². The first kappa shape index (κ1) is 11.0. The first-order valence-corrected chi connectivity index (χ1v) is 6.63. The van der Waals surface area contributed by atoms with Crippen molar-refractivity contribution >= 4 is 11.8 Å². The van der Waals surface area contributed by atoms with Gasteiger partial charge >= 0.3 is 0 Å². The van der Waals surface area contributed by atoms with Crippen molar-refractivity contribution in [3.05, 3.63) is 30.1 Å². The van der Waals surface area contributed by atoms with Crippen molar-refractivity contribution in [1.82, 2.24) is 10.3 Å². The molecule has 2 nitrogen and oxygen atoms in total. The van der Waals surface area contributed by atoms with Gasteiger partial charge in [-0.2, -0.15) is 11.8 Å². The largest absolute Gasteiger partial charge is 0.313 e. The van der Waals surface area contributed by atoms with Gasteiger partial charge < -0.3 is 5.32 Å². The van der Waals surface area contributed by atoms with Gasteiger partial charge in [0.1, 0.15) is 0 Å². The lowest BCUT2D eigenvalue weighted by Gasteiger charge is -2.11. The Labute approximate surface area is 95.9 Å². The zero-order chi connectivity index (χ0) is 10.5. The predicted octanol–water partition coefficient (Wildman–Crippen LogP) is 2.11. The molecule has 1 N–H and O–H groups in total. The topological polar surface area (TPSA) is 24.9 Å². The van der Waals surface area contributed by atoms with Gasteiger partial charge in [-0.1, -0.05) is 6.92 Å². The summed E-state index contributed by atoms with van der Waals surface area (Å²) in [6.45, 7) is 3.40. The molecule has 0 amide bonds. The molecule has 1 aliphatic rings. The van der Waals surface area contributed by atoms with Gasteiger partial charge in [-0.05, 0) is 37.1 Å². The first-order chi connectivity index (χ1) is 7.34. The van der Waals surface area contributed by atoms with Gasteiger partial charge in [0, 0.05) is 29.4 Å². The molecule has 1 saturated heterocycles. The minimum atomic E-state index is 0.729. The maximum atomic E-state index is 4.02. The Hall–Kier alpha value is -0.540. The van der Waals surface area contributed by atoms with Crippen LogP contribution in [0, 0.1) is 0 Å². The quantitative estimate of drug-likeness (QED) is 0.844. The van der Waals surface area contributed by atoms with E-state index in [1.54, 1.807) is 0 Å². The van der Waals surface area contributed by atoms with E-state index in [0.717, 1.165) is 24.3 Å². The highest BCUT2D eigenvalue weighted by Gasteiger charge is 2.20. The molecule has 1 aromatic heterocycles. The zero-order valence-electron chi connectivity index (χ0n) is 9.15. The standard InChI is InChI=1S/C12H18N2S/c1-10-8-12(9-15-10)14-7-4-11-2-5-13-6-3-11/h2-3,5-6,10,12,14H,4,7-9H2,1H3. The van der Waals surface area contributed by atoms with Crippen LogP contribution in [0.15, 0.2) is 24.5 Å². The fourth-order valence-corrected chi connectivity index (χ4v) is 3.11. The SMILES string of the molecule is CC1CC(NCCc2ccncc2)CS1. The molecule has 1 aromatic rings. The molecule has 3 heteroatoms. The Kier molecular flexibility index (Phi) is 4.03. The van der Waals surface area contributed by atoms with Gasteiger partial charge in [0.25, 0.3) is 0 Å². The van der Waals surface area contributed by atoms with E-state index in [-0.39, 0.29) is 0 Å². The van der Waals surface area contributed by atoms with Gasteiger partial charge in [-0.25, -0.2) is 0 Å². The maximum absolute atomic E-state index is 4.02. The Morgan fingerprint density at radius 1 is 1.47 bits per heavy atom. The highest BCUT2D eigenvalue weighted by Crippen LogP contribution is 2.25. The molecule has 0 spiro atoms. The van der Waals surface area contributed by atoms with Gasteiger partial charge in [0.2, 0.25) is 0 Å². The Bertz CT molecular complexity index is 289. The van der Waals surface area contributed by atoms with E-state index >= 15 is 0 Å². The summed E-state index contributed by atoms with van der Waals surface area (Å²) in [5.74, 6) is 1.28. The Morgan fingerprint density at radius 3 is 2.93 bits per heavy atom. The van der Waals surface area contributed by atoms with Crippen molar-refractivity contribution in [3.8, 4) is 0 Å². The lowest BCUT2D eigenvalue weighted by atomic mass is 10.1. The fourth-order valence-electron chi connectivity index (χ4n) is 1.93. The Morgan fingerprint density at radius 2 is 2.27 bits per heavy atom. The third-order valence-electron chi connectivity index (χ3n) is 2.79. The van der Waals surface area contributed by atoms with Crippen LogP contribution in [0.5, 0.6) is 0 Å². The molecule has 2 unspecified atom stereocenters. The Balaban J connectivity index is 1.67. The molecule has 2 rings (SSSR count). The van der Waals surface area contributed by atoms with Gasteiger partial charge in [0.05, 0.1) is 0 Å². The summed E-state index contributed by atoms with van der Waals surface area (Å²) in [5, 5.41) is 4.46. The number of thioether (sulfide) groups is 1. The molecular formula is C12H18N2S. The summed E-state index contributed by atoms with van der Waals surface area (Å²) in [5.41, 5.74) is 1.37. The lowest BCUT2D eigenvalue weighted by Crippen LogP contribution is -2.30. The predicted molar refractivity (Wildman–Crippen MR) is 66.3 cm³/mol. The molecule has 0 aromatic carbocycles. The number of pyridine rings is 1. The molecule has 0 radical (unpaired) electrons. The maximum Gasteiger partial charge on any atom is 0.0270 e. The monoisotopic (exact) mass is 222 g/mol. The van der Waals surface area contributed by atoms with Crippen LogP contribution in [-0.4, -0.2) is 28.6 Å². The van der Waals surface area contributed by atoms with Crippen LogP contribution in [0.1, 0.15) is 18.9 Å². The van der Waals surface area contributed by atoms with E-state index in [9.17, 15) is 0 Å². The van der Waals surface area contributed by atoms with Crippen molar-refractivity contribution in [2.24, 2.45) is 0 Å². The van der Waals surface area contributed by atoms with Crippen molar-refractivity contribution in [2.45, 2.75) is 31.1 Å². The van der Waals surface area contributed by atoms with E-state index < -0.39 is 0 Å². The third-order valence-corrected chi connectivity index (χ3v) is 4.15. The summed E-state index contributed by atoms with van der Waals surface area (Å²) in [6, 6.07) is 4.91. The number of rotatable bonds is 4. The molecule has 0 saturated carbocycles. The smallest absolute Gasteiger partial charge is 0.0270 e. The van der Waals surface area contributed by atoms with Crippen LogP contribution >= 0.6 is 11.8 Å². The molecule has 2 atom stereocenters. The number of nitrogens with zero attached hydrogens (tertiary/aromatic N) is 1. The summed E-state index contributed by atoms with van der Waals surface area (Å²) in [6.07, 6.45) is 6.16. The second kappa shape index (κ2) is 5.52. The number of nitrogens with one attached hydrogen (secondary N) is 1. The average Bonchev–Trinajstić information content (AvgIpc) is 2.66. The zero-order valence-corrected chi connectivity index (χ0v) is 9.96. The average molecular weight is 222 g/mol. The molecule has 0 bridgehead atoms. The molecule has 15 heavy (non-hydrogen) atoms. The molecule has 1 fully saturated rings. The van der Waals surface area contributed by atoms with Crippen molar-refractivity contribution in [1.29, 1.82) is 0 Å². The highest BCUT2D eigenvalue weighted by molar-refractivity contribution is 8.00. The normalized spacial score (nSPS) is 25.7. The van der Waals surface area contributed by atoms with Gasteiger partial charge in [0.15, 0.2) is 0 Å². The molecule has 0 aliphatic carbocycles. The van der Waals surface area contributed by atoms with Gasteiger partial charge in [-0.3, -0.25) is 4.98 Å². The summed E-state index contributed by atoms with van der Waals surface area (Å²) in [7, 11) is 0. The summed E-state index contributed by atoms with van der Waals surface area (Å²) in [4.78, 5) is 4.02. The minimum Gasteiger partial charge on any atom is -0.313 e. The van der Waals surface area contributed by atoms with Crippen LogP contribution in [-0.2, 0) is 6.42 Å². The van der Waals surface area contributed by atoms with Crippen LogP contribution in [0.4, 0.5) is 0 Å². The van der Waals surface area contributed by atoms with E-state index in [4.69, 9.17) is 0 Å². The van der Waals surface area contributed by atoms with Crippen molar-refractivity contribution < 1.29 is 0 Å². The molecule has 2 heterocycles. The van der Waals surface area contributed by atoms with E-state index in [1.807, 2.05) is 12.4 Å². The van der Waals surface area contributed by atoms with Crippen LogP contribution in [0.3, 0.4) is 0 Å². The second-order valence-electron chi connectivity index (χ2n) is 4.14. The van der Waals surface area contributed by atoms with Gasteiger partial charge in [-0.15, -0.1) is 0 Å². The van der Waals surface area contributed by atoms with E-state index in [0.29, 0.717) is 0 Å². The van der Waals surface area contributed by atoms with Crippen molar-refractivity contribution in [2.75, 3.05) is 12.3 Å². The van der Waals surface area contributed by atoms with E-state index in [1.165, 1.54) is 17.7 Å². The summed E-state index contributed by atoms with van der Waals surface area (Å²) >= 11 is 2.08. The van der Waals surface area contributed by atoms with Crippen LogP contribution < -0.4 is 5.32 Å². The van der Waals surface area contributed by atoms with Crippen molar-refractivity contribution in [3.63, 3.8) is 0 Å². The van der Waals surface area contributed by atoms with E-state index in [2.05, 4.69) is 41.1 Å². The molecule has 82 valence electrons.